The molecule has 0 fully saturated rings. The Balaban J connectivity index is 0.00000220. The lowest BCUT2D eigenvalue weighted by Gasteiger charge is -2.26. The van der Waals surface area contributed by atoms with E-state index in [1.165, 1.54) is 11.1 Å². The molecule has 1 aliphatic rings. The van der Waals surface area contributed by atoms with E-state index in [1.807, 2.05) is 12.1 Å². The maximum absolute atomic E-state index is 12.2. The summed E-state index contributed by atoms with van der Waals surface area (Å²) >= 11 is 0. The molecule has 0 bridgehead atoms. The van der Waals surface area contributed by atoms with E-state index in [1.54, 1.807) is 0 Å². The summed E-state index contributed by atoms with van der Waals surface area (Å²) in [7, 11) is 2.08. The third-order valence-electron chi connectivity index (χ3n) is 4.04. The summed E-state index contributed by atoms with van der Waals surface area (Å²) in [6, 6.07) is 8.72. The zero-order chi connectivity index (χ0) is 14.5. The van der Waals surface area contributed by atoms with Gasteiger partial charge >= 0.3 is 0 Å². The molecule has 4 nitrogen and oxygen atoms in total. The number of rotatable bonds is 5. The number of benzene rings is 1. The molecule has 0 saturated heterocycles. The molecule has 0 aromatic heterocycles. The van der Waals surface area contributed by atoms with Crippen molar-refractivity contribution in [1.29, 1.82) is 0 Å². The van der Waals surface area contributed by atoms with E-state index in [0.29, 0.717) is 12.6 Å². The average molecular weight is 348 g/mol. The highest BCUT2D eigenvalue weighted by Gasteiger charge is 2.23. The van der Waals surface area contributed by atoms with Crippen LogP contribution in [0, 0.1) is 0 Å². The van der Waals surface area contributed by atoms with Crippen molar-refractivity contribution in [3.05, 3.63) is 35.4 Å². The molecular weight excluding hydrogens is 321 g/mol. The zero-order valence-corrected chi connectivity index (χ0v) is 15.1. The Morgan fingerprint density at radius 1 is 1.32 bits per heavy atom. The number of amides is 1. The van der Waals surface area contributed by atoms with Crippen molar-refractivity contribution in [2.45, 2.75) is 38.9 Å². The molecule has 2 rings (SSSR count). The quantitative estimate of drug-likeness (QED) is 0.856. The van der Waals surface area contributed by atoms with E-state index >= 15 is 0 Å². The molecule has 1 aliphatic heterocycles. The van der Waals surface area contributed by atoms with Gasteiger partial charge in [0.1, 0.15) is 0 Å². The highest BCUT2D eigenvalue weighted by Crippen LogP contribution is 2.16. The Morgan fingerprint density at radius 3 is 2.59 bits per heavy atom. The van der Waals surface area contributed by atoms with Crippen LogP contribution in [-0.2, 0) is 17.8 Å². The minimum absolute atomic E-state index is 0. The number of carbonyl (C=O) groups excluding carboxylic acids is 1. The van der Waals surface area contributed by atoms with Crippen molar-refractivity contribution in [3.63, 3.8) is 0 Å². The molecule has 0 saturated carbocycles. The van der Waals surface area contributed by atoms with E-state index in [0.717, 1.165) is 19.5 Å². The number of carbonyl (C=O) groups is 1. The van der Waals surface area contributed by atoms with Crippen LogP contribution in [0.25, 0.3) is 0 Å². The molecule has 1 amide bonds. The van der Waals surface area contributed by atoms with Gasteiger partial charge in [-0.1, -0.05) is 24.3 Å². The molecule has 0 aliphatic carbocycles. The van der Waals surface area contributed by atoms with Gasteiger partial charge in [0.05, 0.1) is 6.04 Å². The van der Waals surface area contributed by atoms with Gasteiger partial charge in [-0.2, -0.15) is 0 Å². The van der Waals surface area contributed by atoms with Crippen molar-refractivity contribution in [1.82, 2.24) is 15.5 Å². The summed E-state index contributed by atoms with van der Waals surface area (Å²) in [6.07, 6.45) is 0.780. The second-order valence-electron chi connectivity index (χ2n) is 5.77. The fourth-order valence-corrected chi connectivity index (χ4v) is 2.38. The van der Waals surface area contributed by atoms with Gasteiger partial charge in [-0.05, 0) is 38.4 Å². The van der Waals surface area contributed by atoms with E-state index in [4.69, 9.17) is 0 Å². The minimum Gasteiger partial charge on any atom is -0.353 e. The molecule has 1 aromatic carbocycles. The number of hydrogen-bond acceptors (Lipinski definition) is 3. The SMILES string of the molecule is CC(C)N(C)CCNC(=O)C1Cc2ccccc2CN1.Cl.Cl. The predicted octanol–water partition coefficient (Wildman–Crippen LogP) is 2.00. The number of halogens is 2. The monoisotopic (exact) mass is 347 g/mol. The van der Waals surface area contributed by atoms with Gasteiger partial charge < -0.3 is 15.5 Å². The van der Waals surface area contributed by atoms with Gasteiger partial charge in [-0.3, -0.25) is 4.79 Å². The van der Waals surface area contributed by atoms with Crippen LogP contribution in [0.15, 0.2) is 24.3 Å². The molecule has 0 radical (unpaired) electrons. The molecule has 1 unspecified atom stereocenters. The van der Waals surface area contributed by atoms with Gasteiger partial charge in [-0.25, -0.2) is 0 Å². The summed E-state index contributed by atoms with van der Waals surface area (Å²) in [5.74, 6) is 0.108. The Hall–Kier alpha value is -0.810. The fourth-order valence-electron chi connectivity index (χ4n) is 2.38. The van der Waals surface area contributed by atoms with Crippen LogP contribution in [0.5, 0.6) is 0 Å². The molecule has 22 heavy (non-hydrogen) atoms. The standard InChI is InChI=1S/C16H25N3O.2ClH/c1-12(2)19(3)9-8-17-16(20)15-10-13-6-4-5-7-14(13)11-18-15;;/h4-7,12,15,18H,8-11H2,1-3H3,(H,17,20);2*1H. The normalized spacial score (nSPS) is 16.5. The first-order chi connectivity index (χ1) is 9.58. The van der Waals surface area contributed by atoms with Crippen LogP contribution in [0.2, 0.25) is 0 Å². The Labute approximate surface area is 145 Å². The molecule has 2 N–H and O–H groups in total. The summed E-state index contributed by atoms with van der Waals surface area (Å²) in [5.41, 5.74) is 2.58. The van der Waals surface area contributed by atoms with Crippen LogP contribution in [0.1, 0.15) is 25.0 Å². The Bertz CT molecular complexity index is 468. The van der Waals surface area contributed by atoms with Crippen LogP contribution < -0.4 is 10.6 Å². The van der Waals surface area contributed by atoms with Crippen LogP contribution in [0.4, 0.5) is 0 Å². The summed E-state index contributed by atoms with van der Waals surface area (Å²) in [6.45, 7) is 6.67. The predicted molar refractivity (Wildman–Crippen MR) is 96.0 cm³/mol. The van der Waals surface area contributed by atoms with Crippen molar-refractivity contribution >= 4 is 30.7 Å². The topological polar surface area (TPSA) is 44.4 Å². The highest BCUT2D eigenvalue weighted by atomic mass is 35.5. The Kier molecular flexibility index (Phi) is 9.69. The highest BCUT2D eigenvalue weighted by molar-refractivity contribution is 5.85. The lowest BCUT2D eigenvalue weighted by atomic mass is 9.95. The van der Waals surface area contributed by atoms with Crippen molar-refractivity contribution < 1.29 is 4.79 Å². The Morgan fingerprint density at radius 2 is 1.95 bits per heavy atom. The second kappa shape index (κ2) is 10.1. The second-order valence-corrected chi connectivity index (χ2v) is 5.77. The zero-order valence-electron chi connectivity index (χ0n) is 13.5. The third kappa shape index (κ3) is 5.76. The summed E-state index contributed by atoms with van der Waals surface area (Å²) in [4.78, 5) is 14.4. The first kappa shape index (κ1) is 21.2. The lowest BCUT2D eigenvalue weighted by Crippen LogP contribution is -2.49. The summed E-state index contributed by atoms with van der Waals surface area (Å²) < 4.78 is 0. The number of nitrogens with zero attached hydrogens (tertiary/aromatic N) is 1. The van der Waals surface area contributed by atoms with Gasteiger partial charge in [0.15, 0.2) is 0 Å². The molecule has 6 heteroatoms. The maximum atomic E-state index is 12.2. The molecule has 1 atom stereocenters. The van der Waals surface area contributed by atoms with Gasteiger partial charge in [0.2, 0.25) is 5.91 Å². The molecule has 1 aromatic rings. The van der Waals surface area contributed by atoms with E-state index in [-0.39, 0.29) is 36.8 Å². The van der Waals surface area contributed by atoms with E-state index in [9.17, 15) is 4.79 Å². The maximum Gasteiger partial charge on any atom is 0.237 e. The number of likely N-dealkylation sites (N-methyl/N-ethyl adjacent to an activating group) is 1. The van der Waals surface area contributed by atoms with Gasteiger partial charge in [0, 0.05) is 25.7 Å². The van der Waals surface area contributed by atoms with Crippen molar-refractivity contribution in [2.75, 3.05) is 20.1 Å². The molecular formula is C16H27Cl2N3O. The van der Waals surface area contributed by atoms with Crippen LogP contribution >= 0.6 is 24.8 Å². The van der Waals surface area contributed by atoms with E-state index < -0.39 is 0 Å². The fraction of sp³-hybridized carbons (Fsp3) is 0.562. The van der Waals surface area contributed by atoms with Gasteiger partial charge in [0.25, 0.3) is 0 Å². The van der Waals surface area contributed by atoms with Gasteiger partial charge in [-0.15, -0.1) is 24.8 Å². The lowest BCUT2D eigenvalue weighted by molar-refractivity contribution is -0.123. The average Bonchev–Trinajstić information content (AvgIpc) is 2.46. The summed E-state index contributed by atoms with van der Waals surface area (Å²) in [5, 5.41) is 6.34. The number of hydrogen-bond donors (Lipinski definition) is 2. The first-order valence-corrected chi connectivity index (χ1v) is 7.36. The third-order valence-corrected chi connectivity index (χ3v) is 4.04. The van der Waals surface area contributed by atoms with Crippen molar-refractivity contribution in [2.24, 2.45) is 0 Å². The minimum atomic E-state index is -0.103. The molecule has 126 valence electrons. The largest absolute Gasteiger partial charge is 0.353 e. The first-order valence-electron chi connectivity index (χ1n) is 7.36. The smallest absolute Gasteiger partial charge is 0.237 e. The van der Waals surface area contributed by atoms with Crippen LogP contribution in [0.3, 0.4) is 0 Å². The molecule has 0 spiro atoms. The molecule has 1 heterocycles. The van der Waals surface area contributed by atoms with E-state index in [2.05, 4.69) is 48.6 Å². The van der Waals surface area contributed by atoms with Crippen LogP contribution in [-0.4, -0.2) is 43.0 Å². The van der Waals surface area contributed by atoms with Crippen molar-refractivity contribution in [3.8, 4) is 0 Å². The number of nitrogens with one attached hydrogen (secondary N) is 2. The number of fused-ring (bicyclic) bond motifs is 1.